The quantitative estimate of drug-likeness (QED) is 0.412. The molecule has 10 nitrogen and oxygen atoms in total. The molecule has 0 spiro atoms. The summed E-state index contributed by atoms with van der Waals surface area (Å²) in [6, 6.07) is 12.5. The molecule has 10 heteroatoms. The number of nitrogens with zero attached hydrogens (tertiary/aromatic N) is 6. The number of carbonyl (C=O) groups is 1. The van der Waals surface area contributed by atoms with Gasteiger partial charge in [0.2, 0.25) is 0 Å². The van der Waals surface area contributed by atoms with Gasteiger partial charge >= 0.3 is 5.69 Å². The smallest absolute Gasteiger partial charge is 0.316 e. The minimum atomic E-state index is -0.506. The number of nitrogens with one attached hydrogen (secondary N) is 1. The van der Waals surface area contributed by atoms with Crippen molar-refractivity contribution in [2.45, 2.75) is 13.0 Å². The first kappa shape index (κ1) is 18.3. The summed E-state index contributed by atoms with van der Waals surface area (Å²) in [6.07, 6.45) is 2.91. The zero-order valence-corrected chi connectivity index (χ0v) is 15.7. The molecule has 0 saturated heterocycles. The van der Waals surface area contributed by atoms with Gasteiger partial charge in [0, 0.05) is 19.3 Å². The SMILES string of the molecule is C[C@@H](NC(=O)c1cc2nc(-c3nn(C)cc3[N+](=O)[O-])ccn2n1)c1ccccc1. The fourth-order valence-corrected chi connectivity index (χ4v) is 3.01. The number of hydrogen-bond donors (Lipinski definition) is 1. The van der Waals surface area contributed by atoms with Crippen molar-refractivity contribution in [2.24, 2.45) is 7.05 Å². The molecule has 0 bridgehead atoms. The highest BCUT2D eigenvalue weighted by molar-refractivity contribution is 5.93. The molecule has 3 aromatic heterocycles. The Balaban J connectivity index is 1.62. The van der Waals surface area contributed by atoms with Crippen molar-refractivity contribution in [2.75, 3.05) is 0 Å². The van der Waals surface area contributed by atoms with Crippen molar-refractivity contribution in [1.29, 1.82) is 0 Å². The summed E-state index contributed by atoms with van der Waals surface area (Å²) in [5, 5.41) is 22.5. The van der Waals surface area contributed by atoms with Crippen molar-refractivity contribution in [3.63, 3.8) is 0 Å². The number of benzene rings is 1. The second-order valence-corrected chi connectivity index (χ2v) is 6.54. The number of nitro groups is 1. The number of rotatable bonds is 5. The number of aromatic nitrogens is 5. The average molecular weight is 391 g/mol. The Bertz CT molecular complexity index is 1210. The minimum absolute atomic E-state index is 0.140. The molecule has 0 aliphatic heterocycles. The third kappa shape index (κ3) is 3.55. The second kappa shape index (κ2) is 7.15. The Morgan fingerprint density at radius 2 is 1.97 bits per heavy atom. The third-order valence-electron chi connectivity index (χ3n) is 4.45. The Hall–Kier alpha value is -4.08. The van der Waals surface area contributed by atoms with Crippen LogP contribution in [0, 0.1) is 10.1 Å². The van der Waals surface area contributed by atoms with Crippen LogP contribution in [0.5, 0.6) is 0 Å². The largest absolute Gasteiger partial charge is 0.344 e. The Labute approximate surface area is 165 Å². The molecule has 29 heavy (non-hydrogen) atoms. The molecule has 0 radical (unpaired) electrons. The Morgan fingerprint density at radius 1 is 1.21 bits per heavy atom. The number of fused-ring (bicyclic) bond motifs is 1. The summed E-state index contributed by atoms with van der Waals surface area (Å²) in [5.41, 5.74) is 1.91. The van der Waals surface area contributed by atoms with Gasteiger partial charge in [-0.1, -0.05) is 30.3 Å². The van der Waals surface area contributed by atoms with E-state index in [9.17, 15) is 14.9 Å². The lowest BCUT2D eigenvalue weighted by Crippen LogP contribution is -2.27. The lowest BCUT2D eigenvalue weighted by atomic mass is 10.1. The predicted octanol–water partition coefficient (Wildman–Crippen LogP) is 2.53. The molecule has 1 amide bonds. The van der Waals surface area contributed by atoms with Crippen LogP contribution < -0.4 is 5.32 Å². The van der Waals surface area contributed by atoms with Crippen LogP contribution >= 0.6 is 0 Å². The summed E-state index contributed by atoms with van der Waals surface area (Å²) >= 11 is 0. The summed E-state index contributed by atoms with van der Waals surface area (Å²) < 4.78 is 2.81. The highest BCUT2D eigenvalue weighted by atomic mass is 16.6. The Morgan fingerprint density at radius 3 is 2.69 bits per heavy atom. The van der Waals surface area contributed by atoms with E-state index in [2.05, 4.69) is 20.5 Å². The van der Waals surface area contributed by atoms with Gasteiger partial charge in [-0.2, -0.15) is 10.2 Å². The van der Waals surface area contributed by atoms with Crippen LogP contribution in [0.2, 0.25) is 0 Å². The molecule has 146 valence electrons. The molecule has 1 N–H and O–H groups in total. The van der Waals surface area contributed by atoms with E-state index in [0.717, 1.165) is 5.56 Å². The van der Waals surface area contributed by atoms with Gasteiger partial charge in [-0.15, -0.1) is 0 Å². The van der Waals surface area contributed by atoms with Crippen LogP contribution in [0.15, 0.2) is 54.9 Å². The fraction of sp³-hybridized carbons (Fsp3) is 0.158. The van der Waals surface area contributed by atoms with E-state index in [1.54, 1.807) is 19.3 Å². The van der Waals surface area contributed by atoms with E-state index < -0.39 is 4.92 Å². The molecule has 0 aliphatic carbocycles. The maximum atomic E-state index is 12.6. The molecule has 1 atom stereocenters. The fourth-order valence-electron chi connectivity index (χ4n) is 3.01. The number of carbonyl (C=O) groups excluding carboxylic acids is 1. The van der Waals surface area contributed by atoms with Gasteiger partial charge in [-0.05, 0) is 18.6 Å². The van der Waals surface area contributed by atoms with E-state index in [-0.39, 0.29) is 29.0 Å². The van der Waals surface area contributed by atoms with E-state index in [0.29, 0.717) is 11.3 Å². The maximum Gasteiger partial charge on any atom is 0.316 e. The lowest BCUT2D eigenvalue weighted by Gasteiger charge is -2.12. The zero-order chi connectivity index (χ0) is 20.5. The normalized spacial score (nSPS) is 12.1. The predicted molar refractivity (Wildman–Crippen MR) is 104 cm³/mol. The van der Waals surface area contributed by atoms with Gasteiger partial charge in [0.1, 0.15) is 11.9 Å². The summed E-state index contributed by atoms with van der Waals surface area (Å²) in [5.74, 6) is -0.336. The second-order valence-electron chi connectivity index (χ2n) is 6.54. The zero-order valence-electron chi connectivity index (χ0n) is 15.7. The van der Waals surface area contributed by atoms with Gasteiger partial charge in [0.05, 0.1) is 11.0 Å². The van der Waals surface area contributed by atoms with Crippen LogP contribution in [0.25, 0.3) is 17.0 Å². The first-order valence-corrected chi connectivity index (χ1v) is 8.83. The van der Waals surface area contributed by atoms with Crippen molar-refractivity contribution < 1.29 is 9.72 Å². The minimum Gasteiger partial charge on any atom is -0.344 e. The highest BCUT2D eigenvalue weighted by Gasteiger charge is 2.22. The summed E-state index contributed by atoms with van der Waals surface area (Å²) in [6.45, 7) is 1.89. The van der Waals surface area contributed by atoms with Crippen molar-refractivity contribution in [1.82, 2.24) is 29.7 Å². The molecular weight excluding hydrogens is 374 g/mol. The van der Waals surface area contributed by atoms with E-state index in [1.165, 1.54) is 21.5 Å². The van der Waals surface area contributed by atoms with E-state index >= 15 is 0 Å². The number of amides is 1. The topological polar surface area (TPSA) is 120 Å². The van der Waals surface area contributed by atoms with E-state index in [4.69, 9.17) is 0 Å². The first-order valence-electron chi connectivity index (χ1n) is 8.83. The molecule has 0 aliphatic rings. The molecule has 0 saturated carbocycles. The van der Waals surface area contributed by atoms with Crippen LogP contribution in [-0.4, -0.2) is 35.2 Å². The van der Waals surface area contributed by atoms with Gasteiger partial charge in [0.15, 0.2) is 17.0 Å². The van der Waals surface area contributed by atoms with Crippen LogP contribution in [0.3, 0.4) is 0 Å². The molecule has 3 heterocycles. The van der Waals surface area contributed by atoms with Crippen molar-refractivity contribution >= 4 is 17.2 Å². The molecule has 1 aromatic carbocycles. The summed E-state index contributed by atoms with van der Waals surface area (Å²) in [7, 11) is 1.60. The van der Waals surface area contributed by atoms with Gasteiger partial charge in [-0.25, -0.2) is 9.50 Å². The molecule has 0 fully saturated rings. The lowest BCUT2D eigenvalue weighted by molar-refractivity contribution is -0.384. The van der Waals surface area contributed by atoms with Gasteiger partial charge in [-0.3, -0.25) is 19.6 Å². The van der Waals surface area contributed by atoms with Crippen LogP contribution in [0.1, 0.15) is 29.0 Å². The molecule has 0 unspecified atom stereocenters. The third-order valence-corrected chi connectivity index (χ3v) is 4.45. The van der Waals surface area contributed by atoms with Crippen LogP contribution in [0.4, 0.5) is 5.69 Å². The summed E-state index contributed by atoms with van der Waals surface area (Å²) in [4.78, 5) is 27.7. The van der Waals surface area contributed by atoms with Crippen molar-refractivity contribution in [3.8, 4) is 11.4 Å². The number of hydrogen-bond acceptors (Lipinski definition) is 6. The molecule has 4 rings (SSSR count). The Kier molecular flexibility index (Phi) is 4.51. The number of aryl methyl sites for hydroxylation is 1. The average Bonchev–Trinajstić information content (AvgIpc) is 3.31. The monoisotopic (exact) mass is 391 g/mol. The first-order chi connectivity index (χ1) is 13.9. The van der Waals surface area contributed by atoms with Gasteiger partial charge in [0.25, 0.3) is 5.91 Å². The van der Waals surface area contributed by atoms with Gasteiger partial charge < -0.3 is 5.32 Å². The standard InChI is InChI=1S/C19H17N7O3/c1-12(13-6-4-3-5-7-13)20-19(27)15-10-17-21-14(8-9-25(17)22-15)18-16(26(28)29)11-24(2)23-18/h3-12H,1-2H3,(H,20,27)/t12-/m1/s1. The maximum absolute atomic E-state index is 12.6. The molecular formula is C19H17N7O3. The van der Waals surface area contributed by atoms with Crippen molar-refractivity contribution in [3.05, 3.63) is 76.2 Å². The van der Waals surface area contributed by atoms with Crippen LogP contribution in [-0.2, 0) is 7.05 Å². The highest BCUT2D eigenvalue weighted by Crippen LogP contribution is 2.26. The molecule has 4 aromatic rings. The van der Waals surface area contributed by atoms with E-state index in [1.807, 2.05) is 37.3 Å².